The Morgan fingerprint density at radius 1 is 1.00 bits per heavy atom. The summed E-state index contributed by atoms with van der Waals surface area (Å²) in [5.74, 6) is 0. The first-order valence-electron chi connectivity index (χ1n) is 6.62. The van der Waals surface area contributed by atoms with Crippen LogP contribution in [0.1, 0.15) is 16.7 Å². The van der Waals surface area contributed by atoms with Crippen LogP contribution in [-0.2, 0) is 23.1 Å². The predicted octanol–water partition coefficient (Wildman–Crippen LogP) is 2.21. The Balaban J connectivity index is 2.74. The first kappa shape index (κ1) is 17.5. The van der Waals surface area contributed by atoms with Gasteiger partial charge in [0.1, 0.15) is 10.5 Å². The number of nitrogens with zero attached hydrogens (tertiary/aromatic N) is 2. The van der Waals surface area contributed by atoms with Crippen molar-refractivity contribution in [3.05, 3.63) is 79.4 Å². The Bertz CT molecular complexity index is 895. The fourth-order valence-electron chi connectivity index (χ4n) is 2.37. The monoisotopic (exact) mass is 352 g/mol. The molecule has 0 heterocycles. The number of hydrogen-bond donors (Lipinski definition) is 1. The summed E-state index contributed by atoms with van der Waals surface area (Å²) >= 11 is 0. The second-order valence-electron chi connectivity index (χ2n) is 4.94. The highest BCUT2D eigenvalue weighted by atomic mass is 32.2. The van der Waals surface area contributed by atoms with Gasteiger partial charge in [-0.1, -0.05) is 30.3 Å². The number of nitro groups is 2. The molecule has 126 valence electrons. The average molecular weight is 352 g/mol. The van der Waals surface area contributed by atoms with E-state index < -0.39 is 37.1 Å². The third-order valence-corrected chi connectivity index (χ3v) is 4.25. The molecule has 1 N–H and O–H groups in total. The summed E-state index contributed by atoms with van der Waals surface area (Å²) in [7, 11) is -4.73. The topological polar surface area (TPSA) is 141 Å². The lowest BCUT2D eigenvalue weighted by molar-refractivity contribution is -0.498. The fraction of sp³-hybridized carbons (Fsp3) is 0.143. The van der Waals surface area contributed by atoms with Gasteiger partial charge in [-0.2, -0.15) is 8.42 Å². The molecule has 0 unspecified atom stereocenters. The molecule has 0 atom stereocenters. The Kier molecular flexibility index (Phi) is 4.90. The molecular weight excluding hydrogens is 340 g/mol. The van der Waals surface area contributed by atoms with Crippen molar-refractivity contribution in [2.24, 2.45) is 0 Å². The van der Waals surface area contributed by atoms with Crippen LogP contribution in [0.5, 0.6) is 0 Å². The molecule has 0 fully saturated rings. The largest absolute Gasteiger partial charge is 0.295 e. The molecule has 0 saturated heterocycles. The summed E-state index contributed by atoms with van der Waals surface area (Å²) < 4.78 is 32.4. The maximum Gasteiger partial charge on any atom is 0.295 e. The van der Waals surface area contributed by atoms with Crippen LogP contribution < -0.4 is 0 Å². The highest BCUT2D eigenvalue weighted by Crippen LogP contribution is 2.32. The molecule has 2 aromatic carbocycles. The van der Waals surface area contributed by atoms with E-state index in [2.05, 4.69) is 0 Å². The summed E-state index contributed by atoms with van der Waals surface area (Å²) in [4.78, 5) is 19.9. The zero-order valence-electron chi connectivity index (χ0n) is 12.2. The minimum atomic E-state index is -4.73. The van der Waals surface area contributed by atoms with Gasteiger partial charge in [-0.25, -0.2) is 0 Å². The van der Waals surface area contributed by atoms with E-state index in [0.717, 1.165) is 12.1 Å². The van der Waals surface area contributed by atoms with Crippen molar-refractivity contribution in [2.75, 3.05) is 0 Å². The lowest BCUT2D eigenvalue weighted by Crippen LogP contribution is -2.11. The molecule has 0 radical (unpaired) electrons. The Labute approximate surface area is 136 Å². The molecule has 0 aliphatic heterocycles. The molecule has 0 saturated carbocycles. The second kappa shape index (κ2) is 6.72. The number of nitro benzene ring substituents is 1. The maximum atomic E-state index is 11.6. The Hall–Kier alpha value is -2.85. The van der Waals surface area contributed by atoms with E-state index in [1.165, 1.54) is 0 Å². The molecule has 0 amide bonds. The highest BCUT2D eigenvalue weighted by molar-refractivity contribution is 7.85. The van der Waals surface area contributed by atoms with Crippen LogP contribution in [-0.4, -0.2) is 22.8 Å². The number of rotatable bonds is 6. The minimum absolute atomic E-state index is 0.169. The fourth-order valence-corrected chi connectivity index (χ4v) is 3.09. The van der Waals surface area contributed by atoms with E-state index in [-0.39, 0.29) is 17.5 Å². The highest BCUT2D eigenvalue weighted by Gasteiger charge is 2.29. The first-order chi connectivity index (χ1) is 11.2. The van der Waals surface area contributed by atoms with E-state index in [4.69, 9.17) is 0 Å². The van der Waals surface area contributed by atoms with Gasteiger partial charge in [-0.15, -0.1) is 0 Å². The Morgan fingerprint density at radius 3 is 2.12 bits per heavy atom. The molecular formula is C14H12N2O7S. The van der Waals surface area contributed by atoms with Crippen molar-refractivity contribution >= 4 is 15.8 Å². The van der Waals surface area contributed by atoms with Crippen LogP contribution in [0.3, 0.4) is 0 Å². The van der Waals surface area contributed by atoms with Crippen molar-refractivity contribution in [1.82, 2.24) is 0 Å². The van der Waals surface area contributed by atoms with Crippen LogP contribution in [0.4, 0.5) is 5.69 Å². The van der Waals surface area contributed by atoms with Gasteiger partial charge >= 0.3 is 0 Å². The van der Waals surface area contributed by atoms with Crippen LogP contribution in [0.2, 0.25) is 0 Å². The summed E-state index contributed by atoms with van der Waals surface area (Å²) in [6.45, 7) is -0.830. The third kappa shape index (κ3) is 3.91. The average Bonchev–Trinajstić information content (AvgIpc) is 2.46. The maximum absolute atomic E-state index is 11.6. The van der Waals surface area contributed by atoms with E-state index in [0.29, 0.717) is 5.56 Å². The third-order valence-electron chi connectivity index (χ3n) is 3.31. The summed E-state index contributed by atoms with van der Waals surface area (Å²) in [5.41, 5.74) is -0.634. The molecule has 2 aromatic rings. The Morgan fingerprint density at radius 2 is 1.62 bits per heavy atom. The van der Waals surface area contributed by atoms with Crippen molar-refractivity contribution in [3.8, 4) is 0 Å². The molecule has 0 spiro atoms. The molecule has 2 rings (SSSR count). The lowest BCUT2D eigenvalue weighted by atomic mass is 10.00. The lowest BCUT2D eigenvalue weighted by Gasteiger charge is -2.10. The quantitative estimate of drug-likeness (QED) is 0.477. The zero-order chi connectivity index (χ0) is 17.9. The van der Waals surface area contributed by atoms with Gasteiger partial charge in [0.2, 0.25) is 6.54 Å². The predicted molar refractivity (Wildman–Crippen MR) is 82.9 cm³/mol. The molecule has 9 nitrogen and oxygen atoms in total. The number of benzene rings is 2. The van der Waals surface area contributed by atoms with Gasteiger partial charge in [-0.3, -0.25) is 24.8 Å². The normalized spacial score (nSPS) is 11.2. The zero-order valence-corrected chi connectivity index (χ0v) is 13.0. The number of hydrogen-bond acceptors (Lipinski definition) is 6. The summed E-state index contributed by atoms with van der Waals surface area (Å²) in [6, 6.07) is 10.2. The van der Waals surface area contributed by atoms with Gasteiger partial charge in [0.25, 0.3) is 15.8 Å². The minimum Gasteiger partial charge on any atom is -0.282 e. The second-order valence-corrected chi connectivity index (χ2v) is 6.33. The molecule has 0 aliphatic carbocycles. The van der Waals surface area contributed by atoms with Gasteiger partial charge in [-0.05, 0) is 17.7 Å². The first-order valence-corrected chi connectivity index (χ1v) is 8.06. The smallest absolute Gasteiger partial charge is 0.282 e. The van der Waals surface area contributed by atoms with Crippen molar-refractivity contribution in [2.45, 2.75) is 17.9 Å². The molecule has 0 aromatic heterocycles. The molecule has 0 aliphatic rings. The van der Waals surface area contributed by atoms with E-state index >= 15 is 0 Å². The van der Waals surface area contributed by atoms with Crippen LogP contribution in [0.15, 0.2) is 47.4 Å². The van der Waals surface area contributed by atoms with Crippen LogP contribution in [0, 0.1) is 20.2 Å². The van der Waals surface area contributed by atoms with Crippen molar-refractivity contribution in [1.29, 1.82) is 0 Å². The van der Waals surface area contributed by atoms with E-state index in [9.17, 15) is 33.2 Å². The van der Waals surface area contributed by atoms with Crippen LogP contribution in [0.25, 0.3) is 0 Å². The summed E-state index contributed by atoms with van der Waals surface area (Å²) in [5, 5.41) is 22.1. The van der Waals surface area contributed by atoms with E-state index in [1.54, 1.807) is 30.3 Å². The molecule has 10 heteroatoms. The van der Waals surface area contributed by atoms with Crippen molar-refractivity contribution < 1.29 is 22.8 Å². The molecule has 24 heavy (non-hydrogen) atoms. The van der Waals surface area contributed by atoms with Gasteiger partial charge in [0.05, 0.1) is 10.5 Å². The van der Waals surface area contributed by atoms with E-state index in [1.807, 2.05) is 0 Å². The van der Waals surface area contributed by atoms with Gasteiger partial charge < -0.3 is 0 Å². The SMILES string of the molecule is O=[N+]([O-])Cc1ccc(S(=O)(=O)O)c(Cc2ccccc2)c1[N+](=O)[O-]. The van der Waals surface area contributed by atoms with Crippen LogP contribution >= 0.6 is 0 Å². The van der Waals surface area contributed by atoms with Gasteiger partial charge in [0.15, 0.2) is 0 Å². The summed E-state index contributed by atoms with van der Waals surface area (Å²) in [6.07, 6.45) is -0.169. The molecule has 0 bridgehead atoms. The standard InChI is InChI=1S/C14H12N2O7S/c17-15(18)9-11-6-7-13(24(21,22)23)12(14(11)16(19)20)8-10-4-2-1-3-5-10/h1-7H,8-9H2,(H,21,22,23). The van der Waals surface area contributed by atoms with Crippen molar-refractivity contribution in [3.63, 3.8) is 0 Å². The van der Waals surface area contributed by atoms with Gasteiger partial charge in [0, 0.05) is 11.3 Å².